The second kappa shape index (κ2) is 20.8. The molecular formula is C31H57FN2O2S. The lowest BCUT2D eigenvalue weighted by atomic mass is 10.0. The van der Waals surface area contributed by atoms with Crippen molar-refractivity contribution in [2.24, 2.45) is 5.84 Å². The molecule has 0 aromatic heterocycles. The van der Waals surface area contributed by atoms with E-state index in [0.29, 0.717) is 22.9 Å². The molecule has 1 aromatic carbocycles. The lowest BCUT2D eigenvalue weighted by Gasteiger charge is -2.31. The van der Waals surface area contributed by atoms with Crippen molar-refractivity contribution in [3.63, 3.8) is 0 Å². The second-order valence-electron chi connectivity index (χ2n) is 10.9. The summed E-state index contributed by atoms with van der Waals surface area (Å²) in [6.45, 7) is 4.39. The van der Waals surface area contributed by atoms with E-state index in [4.69, 9.17) is 5.84 Å². The molecule has 1 rings (SSSR count). The number of nitrogens with zero attached hydrogens (tertiary/aromatic N) is 1. The summed E-state index contributed by atoms with van der Waals surface area (Å²) in [6.07, 6.45) is 23.0. The molecule has 2 N–H and O–H groups in total. The van der Waals surface area contributed by atoms with E-state index >= 15 is 4.39 Å². The maximum Gasteiger partial charge on any atom is 0.283 e. The Morgan fingerprint density at radius 3 is 1.30 bits per heavy atom. The van der Waals surface area contributed by atoms with Crippen LogP contribution in [-0.4, -0.2) is 13.4 Å². The Balaban J connectivity index is 2.37. The minimum absolute atomic E-state index is 0.0121. The number of hydrogen-bond acceptors (Lipinski definition) is 3. The number of alkyl halides is 1. The second-order valence-corrected chi connectivity index (χ2v) is 13.0. The zero-order chi connectivity index (χ0) is 27.2. The summed E-state index contributed by atoms with van der Waals surface area (Å²) in [5, 5.41) is -2.32. The normalized spacial score (nSPS) is 13.5. The maximum atomic E-state index is 16.2. The van der Waals surface area contributed by atoms with Gasteiger partial charge in [-0.1, -0.05) is 148 Å². The lowest BCUT2D eigenvalue weighted by molar-refractivity contribution is 0.219. The Labute approximate surface area is 229 Å². The first-order valence-electron chi connectivity index (χ1n) is 15.4. The monoisotopic (exact) mass is 540 g/mol. The summed E-state index contributed by atoms with van der Waals surface area (Å²) in [5.74, 6) is 5.97. The summed E-state index contributed by atoms with van der Waals surface area (Å²) in [6, 6.07) is 8.42. The fraction of sp³-hybridized carbons (Fsp3) is 0.806. The van der Waals surface area contributed by atoms with Crippen molar-refractivity contribution in [1.82, 2.24) is 0 Å². The van der Waals surface area contributed by atoms with Gasteiger partial charge in [0.25, 0.3) is 10.0 Å². The first kappa shape index (κ1) is 33.9. The Bertz CT molecular complexity index is 760. The minimum atomic E-state index is -4.32. The van der Waals surface area contributed by atoms with E-state index in [1.54, 1.807) is 30.3 Å². The molecule has 0 amide bonds. The summed E-state index contributed by atoms with van der Waals surface area (Å²) >= 11 is 0. The van der Waals surface area contributed by atoms with Gasteiger partial charge in [-0.3, -0.25) is 0 Å². The van der Waals surface area contributed by atoms with Crippen molar-refractivity contribution < 1.29 is 12.8 Å². The first-order valence-corrected chi connectivity index (χ1v) is 16.9. The fourth-order valence-corrected chi connectivity index (χ4v) is 6.58. The molecule has 216 valence electrons. The van der Waals surface area contributed by atoms with Crippen LogP contribution < -0.4 is 10.3 Å². The van der Waals surface area contributed by atoms with Crippen molar-refractivity contribution in [2.45, 2.75) is 160 Å². The Kier molecular flexibility index (Phi) is 19.0. The molecule has 0 saturated heterocycles. The zero-order valence-corrected chi connectivity index (χ0v) is 24.9. The molecule has 0 bridgehead atoms. The van der Waals surface area contributed by atoms with Crippen LogP contribution in [0.2, 0.25) is 0 Å². The van der Waals surface area contributed by atoms with Crippen molar-refractivity contribution in [2.75, 3.05) is 4.41 Å². The van der Waals surface area contributed by atoms with Crippen LogP contribution in [0.15, 0.2) is 30.3 Å². The largest absolute Gasteiger partial charge is 0.283 e. The van der Waals surface area contributed by atoms with Gasteiger partial charge in [-0.15, -0.1) is 0 Å². The number of unbranched alkanes of at least 4 members (excludes halogenated alkanes) is 18. The van der Waals surface area contributed by atoms with Gasteiger partial charge in [0, 0.05) is 0 Å². The number of sulfonamides is 1. The van der Waals surface area contributed by atoms with Crippen molar-refractivity contribution in [3.8, 4) is 0 Å². The quantitative estimate of drug-likeness (QED) is 0.0762. The van der Waals surface area contributed by atoms with Gasteiger partial charge in [-0.05, 0) is 37.8 Å². The molecule has 37 heavy (non-hydrogen) atoms. The van der Waals surface area contributed by atoms with Crippen molar-refractivity contribution in [1.29, 1.82) is 0 Å². The molecule has 0 aliphatic carbocycles. The highest BCUT2D eigenvalue weighted by Crippen LogP contribution is 2.36. The third-order valence-corrected chi connectivity index (χ3v) is 9.60. The Morgan fingerprint density at radius 1 is 0.622 bits per heavy atom. The predicted octanol–water partition coefficient (Wildman–Crippen LogP) is 9.98. The molecule has 1 atom stereocenters. The molecule has 0 aliphatic rings. The highest BCUT2D eigenvalue weighted by atomic mass is 32.2. The van der Waals surface area contributed by atoms with E-state index in [0.717, 1.165) is 44.9 Å². The van der Waals surface area contributed by atoms with Crippen molar-refractivity contribution in [3.05, 3.63) is 30.3 Å². The lowest BCUT2D eigenvalue weighted by Crippen LogP contribution is -2.49. The van der Waals surface area contributed by atoms with Gasteiger partial charge >= 0.3 is 0 Å². The highest BCUT2D eigenvalue weighted by Gasteiger charge is 2.46. The fourth-order valence-electron chi connectivity index (χ4n) is 5.03. The minimum Gasteiger partial charge on any atom is -0.233 e. The van der Waals surface area contributed by atoms with E-state index in [1.807, 2.05) is 0 Å². The number of para-hydroxylation sites is 1. The van der Waals surface area contributed by atoms with Crippen LogP contribution in [0.5, 0.6) is 0 Å². The molecule has 1 unspecified atom stereocenters. The number of hydrazine groups is 1. The molecule has 0 fully saturated rings. The number of anilines is 1. The van der Waals surface area contributed by atoms with E-state index in [2.05, 4.69) is 13.8 Å². The van der Waals surface area contributed by atoms with Crippen LogP contribution in [-0.2, 0) is 10.0 Å². The molecule has 0 saturated carbocycles. The van der Waals surface area contributed by atoms with E-state index in [9.17, 15) is 8.42 Å². The SMILES string of the molecule is CCCCCCCCCCCCCCCCCC(F)(CCCCCCC)S(=O)(=O)N(N)c1ccccc1. The van der Waals surface area contributed by atoms with Gasteiger partial charge in [0.1, 0.15) is 0 Å². The van der Waals surface area contributed by atoms with Gasteiger partial charge in [-0.25, -0.2) is 23.1 Å². The molecule has 4 nitrogen and oxygen atoms in total. The number of nitrogens with two attached hydrogens (primary N) is 1. The third kappa shape index (κ3) is 14.0. The smallest absolute Gasteiger partial charge is 0.233 e. The van der Waals surface area contributed by atoms with Gasteiger partial charge in [0.2, 0.25) is 5.00 Å². The van der Waals surface area contributed by atoms with E-state index in [1.165, 1.54) is 70.6 Å². The van der Waals surface area contributed by atoms with Crippen LogP contribution in [0.4, 0.5) is 10.1 Å². The third-order valence-electron chi connectivity index (χ3n) is 7.54. The standard InChI is InChI=1S/C31H57FN2O2S/c1-3-5-7-9-10-11-12-13-14-15-16-17-18-20-25-29-31(32,28-24-19-8-6-4-2)37(35,36)34(33)30-26-22-21-23-27-30/h21-23,26-27H,3-20,24-25,28-29,33H2,1-2H3. The van der Waals surface area contributed by atoms with Crippen molar-refractivity contribution >= 4 is 15.7 Å². The van der Waals surface area contributed by atoms with Gasteiger partial charge in [0.15, 0.2) is 0 Å². The van der Waals surface area contributed by atoms with Gasteiger partial charge in [-0.2, -0.15) is 0 Å². The number of benzene rings is 1. The van der Waals surface area contributed by atoms with E-state index < -0.39 is 15.0 Å². The summed E-state index contributed by atoms with van der Waals surface area (Å²) in [5.41, 5.74) is 0.298. The molecule has 1 aromatic rings. The summed E-state index contributed by atoms with van der Waals surface area (Å²) in [7, 11) is -4.32. The maximum absolute atomic E-state index is 16.2. The average Bonchev–Trinajstić information content (AvgIpc) is 2.90. The zero-order valence-electron chi connectivity index (χ0n) is 24.1. The van der Waals surface area contributed by atoms with Crippen LogP contribution >= 0.6 is 0 Å². The highest BCUT2D eigenvalue weighted by molar-refractivity contribution is 7.93. The molecule has 0 radical (unpaired) electrons. The molecule has 6 heteroatoms. The van der Waals surface area contributed by atoms with Gasteiger partial charge in [0.05, 0.1) is 5.69 Å². The predicted molar refractivity (Wildman–Crippen MR) is 159 cm³/mol. The molecular weight excluding hydrogens is 483 g/mol. The van der Waals surface area contributed by atoms with Crippen LogP contribution in [0, 0.1) is 0 Å². The number of halogens is 1. The van der Waals surface area contributed by atoms with Crippen LogP contribution in [0.1, 0.15) is 155 Å². The summed E-state index contributed by atoms with van der Waals surface area (Å²) < 4.78 is 43.4. The first-order chi connectivity index (χ1) is 17.9. The average molecular weight is 541 g/mol. The summed E-state index contributed by atoms with van der Waals surface area (Å²) in [4.78, 5) is 0. The molecule has 0 aliphatic heterocycles. The van der Waals surface area contributed by atoms with E-state index in [-0.39, 0.29) is 12.8 Å². The van der Waals surface area contributed by atoms with Crippen LogP contribution in [0.3, 0.4) is 0 Å². The Morgan fingerprint density at radius 2 is 0.946 bits per heavy atom. The molecule has 0 spiro atoms. The van der Waals surface area contributed by atoms with Crippen LogP contribution in [0.25, 0.3) is 0 Å². The van der Waals surface area contributed by atoms with Gasteiger partial charge < -0.3 is 0 Å². The topological polar surface area (TPSA) is 63.4 Å². The Hall–Kier alpha value is -1.14. The molecule has 0 heterocycles. The number of hydrogen-bond donors (Lipinski definition) is 1. The number of rotatable bonds is 25.